The zero-order valence-corrected chi connectivity index (χ0v) is 11.0. The zero-order chi connectivity index (χ0) is 12.8. The molecule has 2 N–H and O–H groups in total. The van der Waals surface area contributed by atoms with E-state index in [9.17, 15) is 14.0 Å². The Morgan fingerprint density at radius 3 is 2.71 bits per heavy atom. The Morgan fingerprint density at radius 2 is 2.12 bits per heavy atom. The lowest BCUT2D eigenvalue weighted by molar-refractivity contribution is -0.133. The van der Waals surface area contributed by atoms with Gasteiger partial charge in [-0.05, 0) is 18.2 Å². The number of thioether (sulfide) groups is 1. The summed E-state index contributed by atoms with van der Waals surface area (Å²) in [5.41, 5.74) is 0.0779. The summed E-state index contributed by atoms with van der Waals surface area (Å²) >= 11 is 4.05. The van der Waals surface area contributed by atoms with Crippen LogP contribution in [-0.4, -0.2) is 28.5 Å². The van der Waals surface area contributed by atoms with Crippen LogP contribution < -0.4 is 5.32 Å². The fourth-order valence-electron chi connectivity index (χ4n) is 1.01. The molecule has 0 fully saturated rings. The molecule has 4 nitrogen and oxygen atoms in total. The molecular weight excluding hydrogens is 313 g/mol. The molecule has 0 spiro atoms. The Hall–Kier alpha value is -1.08. The number of nitrogens with one attached hydrogen (secondary N) is 1. The number of rotatable bonds is 5. The van der Waals surface area contributed by atoms with Crippen molar-refractivity contribution in [2.75, 3.05) is 16.8 Å². The average Bonchev–Trinajstić information content (AvgIpc) is 2.21. The second-order valence-electron chi connectivity index (χ2n) is 3.06. The van der Waals surface area contributed by atoms with Crippen molar-refractivity contribution in [3.63, 3.8) is 0 Å². The number of carbonyl (C=O) groups excluding carboxylic acids is 1. The van der Waals surface area contributed by atoms with Crippen molar-refractivity contribution in [3.05, 3.63) is 28.5 Å². The Labute approximate surface area is 110 Å². The fourth-order valence-corrected chi connectivity index (χ4v) is 1.88. The summed E-state index contributed by atoms with van der Waals surface area (Å²) in [5.74, 6) is -2.15. The van der Waals surface area contributed by atoms with E-state index in [1.54, 1.807) is 6.07 Å². The Morgan fingerprint density at radius 1 is 1.41 bits per heavy atom. The van der Waals surface area contributed by atoms with Crippen LogP contribution in [-0.2, 0) is 9.59 Å². The predicted molar refractivity (Wildman–Crippen MR) is 67.7 cm³/mol. The molecule has 7 heteroatoms. The normalized spacial score (nSPS) is 10.0. The van der Waals surface area contributed by atoms with E-state index in [0.717, 1.165) is 11.8 Å². The van der Waals surface area contributed by atoms with Crippen molar-refractivity contribution in [1.82, 2.24) is 0 Å². The van der Waals surface area contributed by atoms with E-state index in [1.165, 1.54) is 12.1 Å². The lowest BCUT2D eigenvalue weighted by Crippen LogP contribution is -2.16. The number of hydrogen-bond acceptors (Lipinski definition) is 3. The molecule has 0 aliphatic rings. The van der Waals surface area contributed by atoms with Crippen molar-refractivity contribution < 1.29 is 19.1 Å². The highest BCUT2D eigenvalue weighted by Gasteiger charge is 2.08. The largest absolute Gasteiger partial charge is 0.481 e. The molecule has 0 atom stereocenters. The van der Waals surface area contributed by atoms with Gasteiger partial charge in [0.15, 0.2) is 0 Å². The number of aliphatic carboxylic acids is 1. The molecule has 0 unspecified atom stereocenters. The van der Waals surface area contributed by atoms with Crippen LogP contribution in [0.3, 0.4) is 0 Å². The summed E-state index contributed by atoms with van der Waals surface area (Å²) in [6.45, 7) is 0. The van der Waals surface area contributed by atoms with Gasteiger partial charge in [0.25, 0.3) is 0 Å². The van der Waals surface area contributed by atoms with Gasteiger partial charge in [0.1, 0.15) is 5.82 Å². The van der Waals surface area contributed by atoms with Crippen molar-refractivity contribution in [2.45, 2.75) is 0 Å². The van der Waals surface area contributed by atoms with Crippen molar-refractivity contribution in [1.29, 1.82) is 0 Å². The fraction of sp³-hybridized carbons (Fsp3) is 0.200. The maximum Gasteiger partial charge on any atom is 0.313 e. The smallest absolute Gasteiger partial charge is 0.313 e. The molecular formula is C10H9BrFNO3S. The average molecular weight is 322 g/mol. The van der Waals surface area contributed by atoms with E-state index in [-0.39, 0.29) is 17.2 Å². The van der Waals surface area contributed by atoms with Crippen LogP contribution in [0.4, 0.5) is 10.1 Å². The lowest BCUT2D eigenvalue weighted by atomic mass is 10.3. The molecule has 1 rings (SSSR count). The predicted octanol–water partition coefficient (Wildman–Crippen LogP) is 2.34. The minimum atomic E-state index is -0.988. The molecule has 0 radical (unpaired) electrons. The van der Waals surface area contributed by atoms with Gasteiger partial charge in [-0.1, -0.05) is 15.9 Å². The molecule has 0 aromatic heterocycles. The zero-order valence-electron chi connectivity index (χ0n) is 8.57. The van der Waals surface area contributed by atoms with Crippen LogP contribution in [0.5, 0.6) is 0 Å². The molecule has 0 bridgehead atoms. The molecule has 1 aromatic carbocycles. The first-order chi connectivity index (χ1) is 7.99. The number of amides is 1. The highest BCUT2D eigenvalue weighted by Crippen LogP contribution is 2.19. The van der Waals surface area contributed by atoms with E-state index in [2.05, 4.69) is 21.2 Å². The van der Waals surface area contributed by atoms with E-state index in [0.29, 0.717) is 4.47 Å². The third-order valence-electron chi connectivity index (χ3n) is 1.66. The van der Waals surface area contributed by atoms with E-state index < -0.39 is 17.7 Å². The van der Waals surface area contributed by atoms with Crippen LogP contribution in [0.25, 0.3) is 0 Å². The van der Waals surface area contributed by atoms with Crippen LogP contribution in [0, 0.1) is 5.82 Å². The van der Waals surface area contributed by atoms with Crippen molar-refractivity contribution in [3.8, 4) is 0 Å². The maximum atomic E-state index is 13.3. The quantitative estimate of drug-likeness (QED) is 0.873. The van der Waals surface area contributed by atoms with Crippen molar-refractivity contribution in [2.24, 2.45) is 0 Å². The third-order valence-corrected chi connectivity index (χ3v) is 3.07. The third kappa shape index (κ3) is 5.18. The Kier molecular flexibility index (Phi) is 5.43. The van der Waals surface area contributed by atoms with E-state index in [4.69, 9.17) is 5.11 Å². The van der Waals surface area contributed by atoms with Gasteiger partial charge in [-0.3, -0.25) is 9.59 Å². The van der Waals surface area contributed by atoms with E-state index >= 15 is 0 Å². The molecule has 1 amide bonds. The Balaban J connectivity index is 2.48. The number of hydrogen-bond donors (Lipinski definition) is 2. The lowest BCUT2D eigenvalue weighted by Gasteiger charge is -2.05. The minimum absolute atomic E-state index is 0.0260. The number of carbonyl (C=O) groups is 2. The summed E-state index contributed by atoms with van der Waals surface area (Å²) in [7, 11) is 0. The first kappa shape index (κ1) is 14.0. The summed E-state index contributed by atoms with van der Waals surface area (Å²) in [4.78, 5) is 21.5. The monoisotopic (exact) mass is 321 g/mol. The molecule has 0 saturated heterocycles. The number of halogens is 2. The topological polar surface area (TPSA) is 66.4 Å². The van der Waals surface area contributed by atoms with Crippen LogP contribution >= 0.6 is 27.7 Å². The summed E-state index contributed by atoms with van der Waals surface area (Å²) in [6, 6.07) is 4.27. The van der Waals surface area contributed by atoms with Crippen LogP contribution in [0.1, 0.15) is 0 Å². The van der Waals surface area contributed by atoms with Crippen molar-refractivity contribution >= 4 is 45.3 Å². The molecule has 0 aliphatic heterocycles. The van der Waals surface area contributed by atoms with Gasteiger partial charge in [0, 0.05) is 4.47 Å². The van der Waals surface area contributed by atoms with Gasteiger partial charge in [-0.15, -0.1) is 11.8 Å². The molecule has 0 aliphatic carbocycles. The highest BCUT2D eigenvalue weighted by atomic mass is 79.9. The number of anilines is 1. The molecule has 1 aromatic rings. The highest BCUT2D eigenvalue weighted by molar-refractivity contribution is 9.10. The first-order valence-electron chi connectivity index (χ1n) is 4.53. The van der Waals surface area contributed by atoms with Gasteiger partial charge in [-0.25, -0.2) is 4.39 Å². The maximum absolute atomic E-state index is 13.3. The minimum Gasteiger partial charge on any atom is -0.481 e. The van der Waals surface area contributed by atoms with E-state index in [1.807, 2.05) is 0 Å². The standard InChI is InChI=1S/C10H9BrFNO3S/c11-6-1-2-8(7(12)3-6)13-9(14)4-17-5-10(15)16/h1-3H,4-5H2,(H,13,14)(H,15,16). The molecule has 17 heavy (non-hydrogen) atoms. The number of benzene rings is 1. The SMILES string of the molecule is O=C(O)CSCC(=O)Nc1ccc(Br)cc1F. The number of carboxylic acid groups (broad SMARTS) is 1. The van der Waals surface area contributed by atoms with Crippen LogP contribution in [0.15, 0.2) is 22.7 Å². The second-order valence-corrected chi connectivity index (χ2v) is 4.96. The van der Waals surface area contributed by atoms with Gasteiger partial charge in [0.05, 0.1) is 17.2 Å². The number of carboxylic acids is 1. The second kappa shape index (κ2) is 6.61. The Bertz CT molecular complexity index is 442. The molecule has 0 heterocycles. The molecule has 0 saturated carbocycles. The summed E-state index contributed by atoms with van der Waals surface area (Å²) in [5, 5.41) is 10.7. The van der Waals surface area contributed by atoms with Gasteiger partial charge < -0.3 is 10.4 Å². The van der Waals surface area contributed by atoms with Crippen LogP contribution in [0.2, 0.25) is 0 Å². The van der Waals surface area contributed by atoms with Gasteiger partial charge in [0.2, 0.25) is 5.91 Å². The summed E-state index contributed by atoms with van der Waals surface area (Å²) in [6.07, 6.45) is 0. The van der Waals surface area contributed by atoms with Gasteiger partial charge in [-0.2, -0.15) is 0 Å². The molecule has 92 valence electrons. The first-order valence-corrected chi connectivity index (χ1v) is 6.48. The summed E-state index contributed by atoms with van der Waals surface area (Å²) < 4.78 is 13.9. The van der Waals surface area contributed by atoms with Gasteiger partial charge >= 0.3 is 5.97 Å².